The Bertz CT molecular complexity index is 1520. The molecule has 0 amide bonds. The highest BCUT2D eigenvalue weighted by Crippen LogP contribution is 2.37. The molecule has 29 heavy (non-hydrogen) atoms. The summed E-state index contributed by atoms with van der Waals surface area (Å²) < 4.78 is 6.26. The molecule has 0 bridgehead atoms. The van der Waals surface area contributed by atoms with Crippen molar-refractivity contribution in [2.24, 2.45) is 0 Å². The predicted octanol–water partition coefficient (Wildman–Crippen LogP) is 7.84. The van der Waals surface area contributed by atoms with Crippen LogP contribution in [0.2, 0.25) is 0 Å². The van der Waals surface area contributed by atoms with Crippen LogP contribution in [0.3, 0.4) is 0 Å². The molecule has 0 saturated carbocycles. The number of aromatic amines is 1. The van der Waals surface area contributed by atoms with E-state index in [2.05, 4.69) is 78.6 Å². The lowest BCUT2D eigenvalue weighted by molar-refractivity contribution is 0.670. The molecule has 2 aromatic heterocycles. The average molecular weight is 375 g/mol. The number of nitrogens with one attached hydrogen (secondary N) is 1. The normalized spacial score (nSPS) is 11.9. The molecule has 0 unspecified atom stereocenters. The monoisotopic (exact) mass is 375 g/mol. The maximum atomic E-state index is 6.26. The highest BCUT2D eigenvalue weighted by atomic mass is 16.3. The Hall–Kier alpha value is -3.52. The van der Waals surface area contributed by atoms with Crippen LogP contribution in [0.1, 0.15) is 18.9 Å². The lowest BCUT2D eigenvalue weighted by atomic mass is 9.99. The standard InChI is InChI=1S/C27H21NO/c1-2-6-17-11-13-24-22(15-17)23-16-18(12-14-25(23)28-24)19-8-5-9-21-20-7-3-4-10-26(20)29-27(19)21/h3-5,7-16,28H,2,6H2,1H3. The van der Waals surface area contributed by atoms with E-state index in [0.717, 1.165) is 29.6 Å². The van der Waals surface area contributed by atoms with Crippen LogP contribution in [0.5, 0.6) is 0 Å². The fourth-order valence-corrected chi connectivity index (χ4v) is 4.53. The molecule has 140 valence electrons. The number of H-pyrrole nitrogens is 1. The van der Waals surface area contributed by atoms with E-state index in [9.17, 15) is 0 Å². The summed E-state index contributed by atoms with van der Waals surface area (Å²) in [6.07, 6.45) is 2.27. The zero-order valence-electron chi connectivity index (χ0n) is 16.3. The topological polar surface area (TPSA) is 28.9 Å². The Balaban J connectivity index is 1.61. The Labute approximate surface area is 168 Å². The van der Waals surface area contributed by atoms with Crippen molar-refractivity contribution in [1.29, 1.82) is 0 Å². The first-order valence-corrected chi connectivity index (χ1v) is 10.3. The van der Waals surface area contributed by atoms with E-state index in [-0.39, 0.29) is 0 Å². The molecule has 0 aliphatic heterocycles. The lowest BCUT2D eigenvalue weighted by Gasteiger charge is -2.04. The second-order valence-electron chi connectivity index (χ2n) is 7.80. The number of para-hydroxylation sites is 2. The summed E-state index contributed by atoms with van der Waals surface area (Å²) in [4.78, 5) is 3.56. The molecular weight excluding hydrogens is 354 g/mol. The van der Waals surface area contributed by atoms with Crippen molar-refractivity contribution in [3.63, 3.8) is 0 Å². The van der Waals surface area contributed by atoms with Crippen LogP contribution in [-0.2, 0) is 6.42 Å². The molecule has 6 aromatic rings. The van der Waals surface area contributed by atoms with E-state index in [1.54, 1.807) is 0 Å². The smallest absolute Gasteiger partial charge is 0.143 e. The van der Waals surface area contributed by atoms with Crippen LogP contribution >= 0.6 is 0 Å². The molecule has 2 nitrogen and oxygen atoms in total. The maximum Gasteiger partial charge on any atom is 0.143 e. The van der Waals surface area contributed by atoms with Gasteiger partial charge in [0.1, 0.15) is 11.2 Å². The van der Waals surface area contributed by atoms with E-state index in [1.807, 2.05) is 12.1 Å². The minimum absolute atomic E-state index is 0.937. The summed E-state index contributed by atoms with van der Waals surface area (Å²) in [7, 11) is 0. The van der Waals surface area contributed by atoms with Gasteiger partial charge in [-0.15, -0.1) is 0 Å². The molecule has 0 atom stereocenters. The molecule has 4 aromatic carbocycles. The molecule has 0 saturated heterocycles. The zero-order valence-corrected chi connectivity index (χ0v) is 16.3. The Kier molecular flexibility index (Phi) is 3.54. The molecule has 1 N–H and O–H groups in total. The molecule has 0 radical (unpaired) electrons. The van der Waals surface area contributed by atoms with Crippen molar-refractivity contribution >= 4 is 43.7 Å². The van der Waals surface area contributed by atoms with Crippen LogP contribution in [0.15, 0.2) is 83.3 Å². The minimum Gasteiger partial charge on any atom is -0.455 e. The van der Waals surface area contributed by atoms with E-state index >= 15 is 0 Å². The third-order valence-corrected chi connectivity index (χ3v) is 5.92. The summed E-state index contributed by atoms with van der Waals surface area (Å²) in [6, 6.07) is 28.1. The number of furan rings is 1. The van der Waals surface area contributed by atoms with Crippen LogP contribution in [0.25, 0.3) is 54.9 Å². The summed E-state index contributed by atoms with van der Waals surface area (Å²) in [5.41, 5.74) is 7.98. The number of aromatic nitrogens is 1. The van der Waals surface area contributed by atoms with Crippen molar-refractivity contribution < 1.29 is 4.42 Å². The van der Waals surface area contributed by atoms with E-state index in [1.165, 1.54) is 43.7 Å². The molecule has 2 heteroatoms. The van der Waals surface area contributed by atoms with E-state index in [4.69, 9.17) is 4.42 Å². The molecule has 6 rings (SSSR count). The lowest BCUT2D eigenvalue weighted by Crippen LogP contribution is -1.82. The zero-order chi connectivity index (χ0) is 19.4. The Morgan fingerprint density at radius 2 is 1.52 bits per heavy atom. The van der Waals surface area contributed by atoms with Crippen molar-refractivity contribution in [1.82, 2.24) is 4.98 Å². The number of hydrogen-bond acceptors (Lipinski definition) is 1. The van der Waals surface area contributed by atoms with E-state index in [0.29, 0.717) is 0 Å². The molecule has 0 aliphatic rings. The van der Waals surface area contributed by atoms with Crippen molar-refractivity contribution in [2.75, 3.05) is 0 Å². The van der Waals surface area contributed by atoms with Crippen molar-refractivity contribution in [3.05, 3.63) is 84.4 Å². The molecule has 0 fully saturated rings. The Morgan fingerprint density at radius 1 is 0.724 bits per heavy atom. The quantitative estimate of drug-likeness (QED) is 0.335. The van der Waals surface area contributed by atoms with Gasteiger partial charge in [-0.25, -0.2) is 0 Å². The maximum absolute atomic E-state index is 6.26. The number of rotatable bonds is 3. The van der Waals surface area contributed by atoms with Crippen molar-refractivity contribution in [2.45, 2.75) is 19.8 Å². The summed E-state index contributed by atoms with van der Waals surface area (Å²) >= 11 is 0. The van der Waals surface area contributed by atoms with Gasteiger partial charge in [0.05, 0.1) is 0 Å². The van der Waals surface area contributed by atoms with Gasteiger partial charge in [-0.05, 0) is 47.9 Å². The van der Waals surface area contributed by atoms with Crippen LogP contribution in [0.4, 0.5) is 0 Å². The number of aryl methyl sites for hydroxylation is 1. The van der Waals surface area contributed by atoms with Gasteiger partial charge in [0.2, 0.25) is 0 Å². The first-order valence-electron chi connectivity index (χ1n) is 10.3. The number of benzene rings is 4. The summed E-state index contributed by atoms with van der Waals surface area (Å²) in [6.45, 7) is 2.23. The number of hydrogen-bond donors (Lipinski definition) is 1. The highest BCUT2D eigenvalue weighted by molar-refractivity contribution is 6.12. The minimum atomic E-state index is 0.937. The Morgan fingerprint density at radius 3 is 2.41 bits per heavy atom. The van der Waals surface area contributed by atoms with E-state index < -0.39 is 0 Å². The van der Waals surface area contributed by atoms with Gasteiger partial charge in [0.15, 0.2) is 0 Å². The van der Waals surface area contributed by atoms with Crippen LogP contribution in [-0.4, -0.2) is 4.98 Å². The first-order chi connectivity index (χ1) is 14.3. The molecule has 0 aliphatic carbocycles. The summed E-state index contributed by atoms with van der Waals surface area (Å²) in [5, 5.41) is 4.90. The molecule has 2 heterocycles. The second-order valence-corrected chi connectivity index (χ2v) is 7.80. The van der Waals surface area contributed by atoms with Gasteiger partial charge in [-0.1, -0.05) is 61.9 Å². The largest absolute Gasteiger partial charge is 0.455 e. The van der Waals surface area contributed by atoms with Gasteiger partial charge in [0.25, 0.3) is 0 Å². The van der Waals surface area contributed by atoms with Crippen LogP contribution < -0.4 is 0 Å². The first kappa shape index (κ1) is 16.4. The third kappa shape index (κ3) is 2.49. The number of fused-ring (bicyclic) bond motifs is 6. The van der Waals surface area contributed by atoms with Gasteiger partial charge in [-0.3, -0.25) is 0 Å². The van der Waals surface area contributed by atoms with Gasteiger partial charge < -0.3 is 9.40 Å². The molecule has 0 spiro atoms. The van der Waals surface area contributed by atoms with Crippen LogP contribution in [0, 0.1) is 0 Å². The SMILES string of the molecule is CCCc1ccc2[nH]c3ccc(-c4cccc5c4oc4ccccc45)cc3c2c1. The average Bonchev–Trinajstić information content (AvgIpc) is 3.31. The molecular formula is C27H21NO. The third-order valence-electron chi connectivity index (χ3n) is 5.92. The van der Waals surface area contributed by atoms with Gasteiger partial charge in [-0.2, -0.15) is 0 Å². The fourth-order valence-electron chi connectivity index (χ4n) is 4.53. The van der Waals surface area contributed by atoms with Gasteiger partial charge in [0, 0.05) is 38.1 Å². The highest BCUT2D eigenvalue weighted by Gasteiger charge is 2.13. The van der Waals surface area contributed by atoms with Gasteiger partial charge >= 0.3 is 0 Å². The second kappa shape index (κ2) is 6.25. The predicted molar refractivity (Wildman–Crippen MR) is 123 cm³/mol. The fraction of sp³-hybridized carbons (Fsp3) is 0.111. The van der Waals surface area contributed by atoms with Crippen molar-refractivity contribution in [3.8, 4) is 11.1 Å². The summed E-state index contributed by atoms with van der Waals surface area (Å²) in [5.74, 6) is 0.